The van der Waals surface area contributed by atoms with Crippen LogP contribution in [0.25, 0.3) is 11.4 Å². The Morgan fingerprint density at radius 2 is 1.85 bits per heavy atom. The summed E-state index contributed by atoms with van der Waals surface area (Å²) in [6.45, 7) is 5.03. The van der Waals surface area contributed by atoms with Gasteiger partial charge in [0.15, 0.2) is 15.7 Å². The third kappa shape index (κ3) is 4.29. The lowest BCUT2D eigenvalue weighted by Gasteiger charge is -2.29. The lowest BCUT2D eigenvalue weighted by atomic mass is 10.1. The number of carbonyl (C=O) groups excluding carboxylic acids is 1. The van der Waals surface area contributed by atoms with Crippen molar-refractivity contribution in [1.29, 1.82) is 0 Å². The Morgan fingerprint density at radius 1 is 1.15 bits per heavy atom. The molecule has 1 aliphatic heterocycles. The summed E-state index contributed by atoms with van der Waals surface area (Å²) in [5.41, 5.74) is 2.03. The highest BCUT2D eigenvalue weighted by Gasteiger charge is 2.61. The number of carbonyl (C=O) groups is 1. The zero-order chi connectivity index (χ0) is 23.1. The summed E-state index contributed by atoms with van der Waals surface area (Å²) in [6.07, 6.45) is 2.72. The SMILES string of the molecule is CCNC(=O)Nc1ccc(-c2nc(N3CCOCC3)cc(C3(S(=O)(=O)C4CC4)CC3)n2)cc1. The van der Waals surface area contributed by atoms with Crippen molar-refractivity contribution in [3.05, 3.63) is 36.0 Å². The maximum Gasteiger partial charge on any atom is 0.319 e. The maximum absolute atomic E-state index is 13.3. The quantitative estimate of drug-likeness (QED) is 0.638. The number of sulfone groups is 1. The van der Waals surface area contributed by atoms with Crippen LogP contribution in [0.5, 0.6) is 0 Å². The minimum atomic E-state index is -3.27. The van der Waals surface area contributed by atoms with E-state index in [0.717, 1.165) is 24.2 Å². The van der Waals surface area contributed by atoms with Crippen LogP contribution in [0.2, 0.25) is 0 Å². The molecule has 0 radical (unpaired) electrons. The molecule has 2 amide bonds. The number of anilines is 2. The van der Waals surface area contributed by atoms with Crippen molar-refractivity contribution in [1.82, 2.24) is 15.3 Å². The summed E-state index contributed by atoms with van der Waals surface area (Å²) in [5, 5.41) is 5.24. The van der Waals surface area contributed by atoms with Crippen LogP contribution in [0.15, 0.2) is 30.3 Å². The van der Waals surface area contributed by atoms with Crippen LogP contribution < -0.4 is 15.5 Å². The average molecular weight is 472 g/mol. The third-order valence-corrected chi connectivity index (χ3v) is 9.52. The summed E-state index contributed by atoms with van der Waals surface area (Å²) in [6, 6.07) is 8.88. The van der Waals surface area contributed by atoms with Crippen LogP contribution >= 0.6 is 0 Å². The number of benzene rings is 1. The van der Waals surface area contributed by atoms with Crippen LogP contribution in [-0.2, 0) is 19.3 Å². The number of amides is 2. The summed E-state index contributed by atoms with van der Waals surface area (Å²) < 4.78 is 31.1. The molecule has 0 bridgehead atoms. The second-order valence-electron chi connectivity index (χ2n) is 8.83. The Morgan fingerprint density at radius 3 is 2.45 bits per heavy atom. The summed E-state index contributed by atoms with van der Waals surface area (Å²) >= 11 is 0. The molecule has 2 aliphatic carbocycles. The lowest BCUT2D eigenvalue weighted by Crippen LogP contribution is -2.37. The van der Waals surface area contributed by atoms with Gasteiger partial charge in [-0.1, -0.05) is 0 Å². The van der Waals surface area contributed by atoms with Crippen molar-refractivity contribution in [2.45, 2.75) is 42.6 Å². The zero-order valence-corrected chi connectivity index (χ0v) is 19.5. The van der Waals surface area contributed by atoms with Crippen molar-refractivity contribution >= 4 is 27.4 Å². The highest BCUT2D eigenvalue weighted by atomic mass is 32.2. The molecule has 2 aromatic rings. The van der Waals surface area contributed by atoms with Gasteiger partial charge in [0.25, 0.3) is 0 Å². The number of urea groups is 1. The normalized spacial score (nSPS) is 19.7. The number of aromatic nitrogens is 2. The Hall–Kier alpha value is -2.72. The van der Waals surface area contributed by atoms with Gasteiger partial charge in [0.2, 0.25) is 0 Å². The van der Waals surface area contributed by atoms with Crippen LogP contribution in [0.1, 0.15) is 38.3 Å². The van der Waals surface area contributed by atoms with E-state index in [0.29, 0.717) is 62.9 Å². The number of ether oxygens (including phenoxy) is 1. The van der Waals surface area contributed by atoms with Crippen LogP contribution in [0, 0.1) is 0 Å². The predicted octanol–water partition coefficient (Wildman–Crippen LogP) is 2.69. The van der Waals surface area contributed by atoms with Gasteiger partial charge < -0.3 is 20.3 Å². The molecule has 176 valence electrons. The molecule has 0 atom stereocenters. The number of hydrogen-bond donors (Lipinski definition) is 2. The zero-order valence-electron chi connectivity index (χ0n) is 18.7. The molecule has 0 spiro atoms. The first kappa shape index (κ1) is 22.1. The molecule has 33 heavy (non-hydrogen) atoms. The predicted molar refractivity (Wildman–Crippen MR) is 126 cm³/mol. The summed E-state index contributed by atoms with van der Waals surface area (Å²) in [4.78, 5) is 23.5. The smallest absolute Gasteiger partial charge is 0.319 e. The van der Waals surface area contributed by atoms with Gasteiger partial charge >= 0.3 is 6.03 Å². The topological polar surface area (TPSA) is 114 Å². The van der Waals surface area contributed by atoms with Crippen LogP contribution in [0.3, 0.4) is 0 Å². The first-order valence-electron chi connectivity index (χ1n) is 11.5. The molecular formula is C23H29N5O4S. The fourth-order valence-electron chi connectivity index (χ4n) is 4.29. The Bertz CT molecular complexity index is 1140. The molecule has 1 aromatic carbocycles. The largest absolute Gasteiger partial charge is 0.378 e. The minimum Gasteiger partial charge on any atom is -0.378 e. The highest BCUT2D eigenvalue weighted by Crippen LogP contribution is 2.57. The standard InChI is InChI=1S/C23H29N5O4S/c1-2-24-22(29)25-17-5-3-16(4-6-17)21-26-19(15-20(27-21)28-11-13-32-14-12-28)23(9-10-23)33(30,31)18-7-8-18/h3-6,15,18H,2,7-14H2,1H3,(H2,24,25,29). The van der Waals surface area contributed by atoms with E-state index >= 15 is 0 Å². The van der Waals surface area contributed by atoms with Gasteiger partial charge in [-0.2, -0.15) is 0 Å². The molecule has 2 heterocycles. The Labute approximate surface area is 193 Å². The van der Waals surface area contributed by atoms with E-state index in [1.807, 2.05) is 25.1 Å². The molecule has 10 heteroatoms. The van der Waals surface area contributed by atoms with Gasteiger partial charge in [-0.15, -0.1) is 0 Å². The van der Waals surface area contributed by atoms with E-state index < -0.39 is 14.6 Å². The number of hydrogen-bond acceptors (Lipinski definition) is 7. The second kappa shape index (κ2) is 8.57. The van der Waals surface area contributed by atoms with Crippen molar-refractivity contribution in [3.8, 4) is 11.4 Å². The van der Waals surface area contributed by atoms with Gasteiger partial charge in [0, 0.05) is 37.0 Å². The number of morpholine rings is 1. The molecule has 0 unspecified atom stereocenters. The van der Waals surface area contributed by atoms with E-state index in [2.05, 4.69) is 15.5 Å². The molecular weight excluding hydrogens is 442 g/mol. The molecule has 1 aromatic heterocycles. The van der Waals surface area contributed by atoms with Gasteiger partial charge in [0.05, 0.1) is 24.2 Å². The first-order valence-corrected chi connectivity index (χ1v) is 13.1. The Kier molecular flexibility index (Phi) is 5.74. The fraction of sp³-hybridized carbons (Fsp3) is 0.522. The molecule has 3 fully saturated rings. The van der Waals surface area contributed by atoms with Gasteiger partial charge in [0.1, 0.15) is 10.6 Å². The third-order valence-electron chi connectivity index (χ3n) is 6.46. The van der Waals surface area contributed by atoms with Crippen molar-refractivity contribution in [3.63, 3.8) is 0 Å². The number of nitrogens with zero attached hydrogens (tertiary/aromatic N) is 3. The average Bonchev–Trinajstić information content (AvgIpc) is 3.72. The van der Waals surface area contributed by atoms with Gasteiger partial charge in [-0.05, 0) is 56.9 Å². The summed E-state index contributed by atoms with van der Waals surface area (Å²) in [5.74, 6) is 1.23. The lowest BCUT2D eigenvalue weighted by molar-refractivity contribution is 0.122. The molecule has 2 N–H and O–H groups in total. The van der Waals surface area contributed by atoms with E-state index in [9.17, 15) is 13.2 Å². The molecule has 3 aliphatic rings. The Balaban J connectivity index is 1.50. The van der Waals surface area contributed by atoms with E-state index in [-0.39, 0.29) is 11.3 Å². The van der Waals surface area contributed by atoms with Crippen molar-refractivity contribution in [2.75, 3.05) is 43.1 Å². The maximum atomic E-state index is 13.3. The molecule has 1 saturated heterocycles. The van der Waals surface area contributed by atoms with Gasteiger partial charge in [-0.3, -0.25) is 0 Å². The van der Waals surface area contributed by atoms with Gasteiger partial charge in [-0.25, -0.2) is 23.2 Å². The monoisotopic (exact) mass is 471 g/mol. The molecule has 9 nitrogen and oxygen atoms in total. The first-order chi connectivity index (χ1) is 15.9. The van der Waals surface area contributed by atoms with Crippen LogP contribution in [0.4, 0.5) is 16.3 Å². The summed E-state index contributed by atoms with van der Waals surface area (Å²) in [7, 11) is -3.27. The molecule has 5 rings (SSSR count). The van der Waals surface area contributed by atoms with E-state index in [4.69, 9.17) is 14.7 Å². The minimum absolute atomic E-state index is 0.232. The number of nitrogens with one attached hydrogen (secondary N) is 2. The van der Waals surface area contributed by atoms with Crippen molar-refractivity contribution < 1.29 is 17.9 Å². The van der Waals surface area contributed by atoms with E-state index in [1.165, 1.54) is 0 Å². The van der Waals surface area contributed by atoms with E-state index in [1.54, 1.807) is 12.1 Å². The highest BCUT2D eigenvalue weighted by molar-refractivity contribution is 7.93. The molecule has 2 saturated carbocycles. The van der Waals surface area contributed by atoms with Crippen molar-refractivity contribution in [2.24, 2.45) is 0 Å². The number of rotatable bonds is 7. The second-order valence-corrected chi connectivity index (χ2v) is 11.4. The fourth-order valence-corrected chi connectivity index (χ4v) is 6.75. The van der Waals surface area contributed by atoms with Crippen LogP contribution in [-0.4, -0.2) is 62.5 Å².